The van der Waals surface area contributed by atoms with Crippen molar-refractivity contribution < 1.29 is 9.59 Å². The van der Waals surface area contributed by atoms with Crippen LogP contribution in [0.4, 0.5) is 5.69 Å². The molecule has 2 aliphatic rings. The molecule has 2 atom stereocenters. The Morgan fingerprint density at radius 2 is 1.96 bits per heavy atom. The summed E-state index contributed by atoms with van der Waals surface area (Å²) in [7, 11) is 0. The Kier molecular flexibility index (Phi) is 4.66. The molecule has 5 heteroatoms. The summed E-state index contributed by atoms with van der Waals surface area (Å²) < 4.78 is 0. The standard InChI is InChI=1S/C18H25N3O2/c1-12-10-14(18(23)21-8-2-3-9-21)5-7-16(12)20-17(22)13-4-6-15(19)11-13/h5,7,10,13,15H,2-4,6,8-9,11,19H2,1H3,(H,20,22). The van der Waals surface area contributed by atoms with Crippen LogP contribution in [0.1, 0.15) is 48.0 Å². The molecule has 2 unspecified atom stereocenters. The zero-order chi connectivity index (χ0) is 16.4. The van der Waals surface area contributed by atoms with Crippen LogP contribution in [-0.2, 0) is 4.79 Å². The van der Waals surface area contributed by atoms with Crippen LogP contribution in [0.5, 0.6) is 0 Å². The summed E-state index contributed by atoms with van der Waals surface area (Å²) in [6.07, 6.45) is 4.71. The van der Waals surface area contributed by atoms with Crippen molar-refractivity contribution in [1.82, 2.24) is 4.90 Å². The normalized spacial score (nSPS) is 24.0. The van der Waals surface area contributed by atoms with Crippen LogP contribution in [0.25, 0.3) is 0 Å². The van der Waals surface area contributed by atoms with E-state index in [1.165, 1.54) is 0 Å². The lowest BCUT2D eigenvalue weighted by atomic mass is 10.1. The van der Waals surface area contributed by atoms with Crippen molar-refractivity contribution in [2.24, 2.45) is 11.7 Å². The Balaban J connectivity index is 1.67. The Morgan fingerprint density at radius 1 is 1.22 bits per heavy atom. The maximum absolute atomic E-state index is 12.4. The minimum absolute atomic E-state index is 0.00954. The summed E-state index contributed by atoms with van der Waals surface area (Å²) in [5.74, 6) is 0.139. The Labute approximate surface area is 137 Å². The van der Waals surface area contributed by atoms with E-state index < -0.39 is 0 Å². The fourth-order valence-corrected chi connectivity index (χ4v) is 3.53. The van der Waals surface area contributed by atoms with Crippen LogP contribution >= 0.6 is 0 Å². The van der Waals surface area contributed by atoms with Crippen molar-refractivity contribution in [1.29, 1.82) is 0 Å². The van der Waals surface area contributed by atoms with Gasteiger partial charge in [-0.05, 0) is 62.8 Å². The zero-order valence-corrected chi connectivity index (χ0v) is 13.7. The number of likely N-dealkylation sites (tertiary alicyclic amines) is 1. The predicted molar refractivity (Wildman–Crippen MR) is 90.3 cm³/mol. The smallest absolute Gasteiger partial charge is 0.253 e. The van der Waals surface area contributed by atoms with Crippen molar-refractivity contribution in [3.05, 3.63) is 29.3 Å². The fourth-order valence-electron chi connectivity index (χ4n) is 3.53. The van der Waals surface area contributed by atoms with Crippen LogP contribution in [0.3, 0.4) is 0 Å². The third kappa shape index (κ3) is 3.55. The number of benzene rings is 1. The van der Waals surface area contributed by atoms with Crippen LogP contribution in [-0.4, -0.2) is 35.8 Å². The van der Waals surface area contributed by atoms with Gasteiger partial charge in [-0.15, -0.1) is 0 Å². The van der Waals surface area contributed by atoms with Gasteiger partial charge >= 0.3 is 0 Å². The van der Waals surface area contributed by atoms with Gasteiger partial charge in [-0.2, -0.15) is 0 Å². The molecule has 1 saturated carbocycles. The Morgan fingerprint density at radius 3 is 2.57 bits per heavy atom. The quantitative estimate of drug-likeness (QED) is 0.898. The average Bonchev–Trinajstić information content (AvgIpc) is 3.20. The van der Waals surface area contributed by atoms with Gasteiger partial charge in [0.15, 0.2) is 0 Å². The SMILES string of the molecule is Cc1cc(C(=O)N2CCCC2)ccc1NC(=O)C1CCC(N)C1. The molecule has 1 aliphatic heterocycles. The van der Waals surface area contributed by atoms with Crippen molar-refractivity contribution in [2.45, 2.75) is 45.1 Å². The molecule has 3 N–H and O–H groups in total. The summed E-state index contributed by atoms with van der Waals surface area (Å²) in [6, 6.07) is 5.67. The van der Waals surface area contributed by atoms with Crippen LogP contribution in [0, 0.1) is 12.8 Å². The molecule has 124 valence electrons. The number of nitrogens with zero attached hydrogens (tertiary/aromatic N) is 1. The topological polar surface area (TPSA) is 75.4 Å². The number of hydrogen-bond acceptors (Lipinski definition) is 3. The summed E-state index contributed by atoms with van der Waals surface area (Å²) in [6.45, 7) is 3.62. The molecular weight excluding hydrogens is 290 g/mol. The lowest BCUT2D eigenvalue weighted by Crippen LogP contribution is -2.27. The molecule has 5 nitrogen and oxygen atoms in total. The van der Waals surface area contributed by atoms with E-state index in [1.54, 1.807) is 0 Å². The first-order chi connectivity index (χ1) is 11.0. The molecule has 0 bridgehead atoms. The minimum atomic E-state index is 0.00954. The first-order valence-electron chi connectivity index (χ1n) is 8.51. The monoisotopic (exact) mass is 315 g/mol. The summed E-state index contributed by atoms with van der Waals surface area (Å²) >= 11 is 0. The van der Waals surface area contributed by atoms with E-state index >= 15 is 0 Å². The van der Waals surface area contributed by atoms with Crippen molar-refractivity contribution in [3.63, 3.8) is 0 Å². The number of aryl methyl sites for hydroxylation is 1. The molecule has 1 aromatic carbocycles. The maximum Gasteiger partial charge on any atom is 0.253 e. The summed E-state index contributed by atoms with van der Waals surface area (Å²) in [5, 5.41) is 2.99. The first kappa shape index (κ1) is 16.0. The molecule has 1 aliphatic carbocycles. The fraction of sp³-hybridized carbons (Fsp3) is 0.556. The van der Waals surface area contributed by atoms with E-state index in [1.807, 2.05) is 30.0 Å². The molecule has 1 heterocycles. The molecule has 0 spiro atoms. The highest BCUT2D eigenvalue weighted by molar-refractivity contribution is 5.97. The van der Waals surface area contributed by atoms with E-state index in [2.05, 4.69) is 5.32 Å². The number of carbonyl (C=O) groups excluding carboxylic acids is 2. The van der Waals surface area contributed by atoms with Crippen LogP contribution in [0.2, 0.25) is 0 Å². The average molecular weight is 315 g/mol. The first-order valence-corrected chi connectivity index (χ1v) is 8.51. The lowest BCUT2D eigenvalue weighted by molar-refractivity contribution is -0.119. The highest BCUT2D eigenvalue weighted by atomic mass is 16.2. The van der Waals surface area contributed by atoms with E-state index in [9.17, 15) is 9.59 Å². The lowest BCUT2D eigenvalue weighted by Gasteiger charge is -2.17. The molecule has 2 fully saturated rings. The van der Waals surface area contributed by atoms with Gasteiger partial charge in [0.1, 0.15) is 0 Å². The van der Waals surface area contributed by atoms with Crippen molar-refractivity contribution in [2.75, 3.05) is 18.4 Å². The molecule has 23 heavy (non-hydrogen) atoms. The van der Waals surface area contributed by atoms with Gasteiger partial charge in [0.05, 0.1) is 0 Å². The van der Waals surface area contributed by atoms with Gasteiger partial charge in [0.25, 0.3) is 5.91 Å². The van der Waals surface area contributed by atoms with Gasteiger partial charge in [0.2, 0.25) is 5.91 Å². The molecule has 0 radical (unpaired) electrons. The molecule has 1 aromatic rings. The molecular formula is C18H25N3O2. The van der Waals surface area contributed by atoms with E-state index in [-0.39, 0.29) is 23.8 Å². The molecule has 3 rings (SSSR count). The van der Waals surface area contributed by atoms with E-state index in [0.29, 0.717) is 5.56 Å². The van der Waals surface area contributed by atoms with E-state index in [4.69, 9.17) is 5.73 Å². The molecule has 1 saturated heterocycles. The van der Waals surface area contributed by atoms with Gasteiger partial charge in [0, 0.05) is 36.3 Å². The van der Waals surface area contributed by atoms with Gasteiger partial charge in [-0.25, -0.2) is 0 Å². The second-order valence-electron chi connectivity index (χ2n) is 6.79. The molecule has 2 amide bonds. The highest BCUT2D eigenvalue weighted by Gasteiger charge is 2.28. The summed E-state index contributed by atoms with van der Waals surface area (Å²) in [5.41, 5.74) is 8.28. The number of rotatable bonds is 3. The maximum atomic E-state index is 12.4. The van der Waals surface area contributed by atoms with Crippen molar-refractivity contribution >= 4 is 17.5 Å². The Hall–Kier alpha value is -1.88. The third-order valence-corrected chi connectivity index (χ3v) is 4.97. The number of anilines is 1. The number of hydrogen-bond donors (Lipinski definition) is 2. The van der Waals surface area contributed by atoms with E-state index in [0.717, 1.165) is 56.4 Å². The number of carbonyl (C=O) groups is 2. The van der Waals surface area contributed by atoms with Crippen molar-refractivity contribution in [3.8, 4) is 0 Å². The Bertz CT molecular complexity index is 608. The number of nitrogens with two attached hydrogens (primary N) is 1. The zero-order valence-electron chi connectivity index (χ0n) is 13.7. The predicted octanol–water partition coefficient (Wildman–Crippen LogP) is 2.30. The summed E-state index contributed by atoms with van der Waals surface area (Å²) in [4.78, 5) is 26.6. The third-order valence-electron chi connectivity index (χ3n) is 4.97. The second-order valence-corrected chi connectivity index (χ2v) is 6.79. The van der Waals surface area contributed by atoms with Gasteiger partial charge in [-0.1, -0.05) is 0 Å². The highest BCUT2D eigenvalue weighted by Crippen LogP contribution is 2.26. The van der Waals surface area contributed by atoms with Crippen LogP contribution < -0.4 is 11.1 Å². The second kappa shape index (κ2) is 6.71. The van der Waals surface area contributed by atoms with Gasteiger partial charge in [-0.3, -0.25) is 9.59 Å². The molecule has 0 aromatic heterocycles. The minimum Gasteiger partial charge on any atom is -0.339 e. The van der Waals surface area contributed by atoms with Crippen LogP contribution in [0.15, 0.2) is 18.2 Å². The van der Waals surface area contributed by atoms with Gasteiger partial charge < -0.3 is 16.0 Å². The number of amides is 2. The number of nitrogens with one attached hydrogen (secondary N) is 1. The largest absolute Gasteiger partial charge is 0.339 e.